The molecular formula is C23H22N4O3. The summed E-state index contributed by atoms with van der Waals surface area (Å²) in [7, 11) is 1.33. The van der Waals surface area contributed by atoms with Gasteiger partial charge in [0.25, 0.3) is 0 Å². The van der Waals surface area contributed by atoms with Gasteiger partial charge in [0, 0.05) is 16.7 Å². The van der Waals surface area contributed by atoms with E-state index >= 15 is 0 Å². The molecule has 3 aromatic rings. The number of nitrogen functional groups attached to an aromatic ring is 2. The first-order valence-corrected chi connectivity index (χ1v) is 9.12. The Hall–Kier alpha value is -4.13. The number of carbonyl (C=O) groups excluding carboxylic acids is 1. The highest BCUT2D eigenvalue weighted by Crippen LogP contribution is 2.25. The number of esters is 1. The van der Waals surface area contributed by atoms with E-state index in [1.165, 1.54) is 7.11 Å². The summed E-state index contributed by atoms with van der Waals surface area (Å²) in [6, 6.07) is 19.6. The highest BCUT2D eigenvalue weighted by atomic mass is 16.5. The number of nitrogens with one attached hydrogen (secondary N) is 2. The molecule has 0 aliphatic rings. The molecule has 30 heavy (non-hydrogen) atoms. The van der Waals surface area contributed by atoms with Gasteiger partial charge >= 0.3 is 5.97 Å². The SMILES string of the molecule is COC(=O)c1ccc(-c2ccc(C(=N)N)cc2)cc1COc1cccc(C(=N)N)c1. The number of hydrogen-bond acceptors (Lipinski definition) is 5. The lowest BCUT2D eigenvalue weighted by atomic mass is 9.98. The lowest BCUT2D eigenvalue weighted by Crippen LogP contribution is -2.11. The summed E-state index contributed by atoms with van der Waals surface area (Å²) < 4.78 is 10.7. The van der Waals surface area contributed by atoms with Crippen LogP contribution in [0.15, 0.2) is 66.7 Å². The van der Waals surface area contributed by atoms with Crippen LogP contribution in [0.25, 0.3) is 11.1 Å². The van der Waals surface area contributed by atoms with Crippen LogP contribution in [0.1, 0.15) is 27.0 Å². The molecule has 0 aromatic heterocycles. The van der Waals surface area contributed by atoms with Crippen molar-refractivity contribution < 1.29 is 14.3 Å². The van der Waals surface area contributed by atoms with E-state index in [-0.39, 0.29) is 18.3 Å². The highest BCUT2D eigenvalue weighted by Gasteiger charge is 2.14. The fraction of sp³-hybridized carbons (Fsp3) is 0.0870. The maximum Gasteiger partial charge on any atom is 0.338 e. The Bertz CT molecular complexity index is 1110. The van der Waals surface area contributed by atoms with E-state index in [2.05, 4.69) is 0 Å². The summed E-state index contributed by atoms with van der Waals surface area (Å²) in [5.74, 6) is 0.0375. The average Bonchev–Trinajstić information content (AvgIpc) is 2.77. The third-order valence-electron chi connectivity index (χ3n) is 4.58. The van der Waals surface area contributed by atoms with Crippen molar-refractivity contribution in [3.05, 3.63) is 89.0 Å². The monoisotopic (exact) mass is 402 g/mol. The molecule has 0 heterocycles. The van der Waals surface area contributed by atoms with E-state index in [1.807, 2.05) is 24.3 Å². The van der Waals surface area contributed by atoms with Crippen molar-refractivity contribution in [2.24, 2.45) is 11.5 Å². The van der Waals surface area contributed by atoms with Crippen LogP contribution in [0.4, 0.5) is 0 Å². The standard InChI is InChI=1S/C23H22N4O3/c1-29-23(28)20-10-9-16(14-5-7-15(8-6-14)21(24)25)11-18(20)13-30-19-4-2-3-17(12-19)22(26)27/h2-12H,13H2,1H3,(H3,24,25)(H3,26,27). The Kier molecular flexibility index (Phi) is 6.12. The van der Waals surface area contributed by atoms with Crippen LogP contribution in [0.2, 0.25) is 0 Å². The van der Waals surface area contributed by atoms with Crippen molar-refractivity contribution in [2.75, 3.05) is 7.11 Å². The van der Waals surface area contributed by atoms with Gasteiger partial charge in [0.15, 0.2) is 0 Å². The van der Waals surface area contributed by atoms with Crippen molar-refractivity contribution in [2.45, 2.75) is 6.61 Å². The topological polar surface area (TPSA) is 135 Å². The Labute approximate surface area is 174 Å². The van der Waals surface area contributed by atoms with E-state index in [1.54, 1.807) is 42.5 Å². The van der Waals surface area contributed by atoms with Crippen LogP contribution >= 0.6 is 0 Å². The number of methoxy groups -OCH3 is 1. The second-order valence-corrected chi connectivity index (χ2v) is 6.58. The van der Waals surface area contributed by atoms with Gasteiger partial charge < -0.3 is 20.9 Å². The van der Waals surface area contributed by atoms with E-state index in [0.717, 1.165) is 11.1 Å². The molecule has 0 bridgehead atoms. The first-order chi connectivity index (χ1) is 14.4. The predicted molar refractivity (Wildman–Crippen MR) is 116 cm³/mol. The molecule has 0 unspecified atom stereocenters. The molecule has 0 aliphatic heterocycles. The predicted octanol–water partition coefficient (Wildman–Crippen LogP) is 3.29. The summed E-state index contributed by atoms with van der Waals surface area (Å²) in [5.41, 5.74) is 15.1. The van der Waals surface area contributed by atoms with Crippen LogP contribution in [0.5, 0.6) is 5.75 Å². The minimum absolute atomic E-state index is 0.00414. The quantitative estimate of drug-likeness (QED) is 0.273. The minimum Gasteiger partial charge on any atom is -0.489 e. The van der Waals surface area contributed by atoms with Crippen LogP contribution in [-0.4, -0.2) is 24.8 Å². The van der Waals surface area contributed by atoms with Gasteiger partial charge in [0.1, 0.15) is 24.0 Å². The van der Waals surface area contributed by atoms with Crippen molar-refractivity contribution in [1.82, 2.24) is 0 Å². The molecule has 3 rings (SSSR count). The van der Waals surface area contributed by atoms with Gasteiger partial charge in [-0.05, 0) is 35.4 Å². The van der Waals surface area contributed by atoms with Crippen molar-refractivity contribution in [3.8, 4) is 16.9 Å². The Morgan fingerprint density at radius 3 is 2.17 bits per heavy atom. The number of carbonyl (C=O) groups is 1. The molecule has 0 radical (unpaired) electrons. The van der Waals surface area contributed by atoms with Gasteiger partial charge in [0.05, 0.1) is 12.7 Å². The summed E-state index contributed by atoms with van der Waals surface area (Å²) in [6.07, 6.45) is 0. The van der Waals surface area contributed by atoms with Gasteiger partial charge in [-0.15, -0.1) is 0 Å². The second-order valence-electron chi connectivity index (χ2n) is 6.58. The van der Waals surface area contributed by atoms with Gasteiger partial charge in [0.2, 0.25) is 0 Å². The number of nitrogens with two attached hydrogens (primary N) is 2. The zero-order valence-corrected chi connectivity index (χ0v) is 16.4. The van der Waals surface area contributed by atoms with Crippen molar-refractivity contribution in [3.63, 3.8) is 0 Å². The maximum absolute atomic E-state index is 12.2. The number of rotatable bonds is 7. The normalized spacial score (nSPS) is 10.3. The summed E-state index contributed by atoms with van der Waals surface area (Å²) in [4.78, 5) is 12.2. The molecule has 3 aromatic carbocycles. The Morgan fingerprint density at radius 1 is 0.867 bits per heavy atom. The van der Waals surface area contributed by atoms with Gasteiger partial charge in [-0.2, -0.15) is 0 Å². The molecule has 0 aliphatic carbocycles. The first kappa shape index (κ1) is 20.6. The summed E-state index contributed by atoms with van der Waals surface area (Å²) in [5, 5.41) is 15.1. The lowest BCUT2D eigenvalue weighted by Gasteiger charge is -2.13. The lowest BCUT2D eigenvalue weighted by molar-refractivity contribution is 0.0598. The third-order valence-corrected chi connectivity index (χ3v) is 4.58. The zero-order valence-electron chi connectivity index (χ0n) is 16.4. The van der Waals surface area contributed by atoms with E-state index < -0.39 is 5.97 Å². The average molecular weight is 402 g/mol. The third kappa shape index (κ3) is 4.64. The van der Waals surface area contributed by atoms with E-state index in [9.17, 15) is 4.79 Å². The molecular weight excluding hydrogens is 380 g/mol. The van der Waals surface area contributed by atoms with E-state index in [4.69, 9.17) is 31.8 Å². The van der Waals surface area contributed by atoms with Gasteiger partial charge in [-0.3, -0.25) is 10.8 Å². The maximum atomic E-state index is 12.2. The smallest absolute Gasteiger partial charge is 0.338 e. The molecule has 6 N–H and O–H groups in total. The molecule has 0 saturated carbocycles. The highest BCUT2D eigenvalue weighted by molar-refractivity contribution is 5.96. The summed E-state index contributed by atoms with van der Waals surface area (Å²) in [6.45, 7) is 0.130. The number of amidine groups is 2. The fourth-order valence-corrected chi connectivity index (χ4v) is 2.96. The molecule has 0 spiro atoms. The van der Waals surface area contributed by atoms with Crippen molar-refractivity contribution in [1.29, 1.82) is 10.8 Å². The Morgan fingerprint density at radius 2 is 1.53 bits per heavy atom. The second kappa shape index (κ2) is 8.91. The molecule has 0 amide bonds. The van der Waals surface area contributed by atoms with Gasteiger partial charge in [-0.25, -0.2) is 4.79 Å². The Balaban J connectivity index is 1.91. The molecule has 7 nitrogen and oxygen atoms in total. The molecule has 0 fully saturated rings. The zero-order chi connectivity index (χ0) is 21.7. The minimum atomic E-state index is -0.454. The van der Waals surface area contributed by atoms with Crippen molar-refractivity contribution >= 4 is 17.6 Å². The molecule has 0 saturated heterocycles. The largest absolute Gasteiger partial charge is 0.489 e. The van der Waals surface area contributed by atoms with Crippen LogP contribution in [-0.2, 0) is 11.3 Å². The fourth-order valence-electron chi connectivity index (χ4n) is 2.96. The number of ether oxygens (including phenoxy) is 2. The van der Waals surface area contributed by atoms with Gasteiger partial charge in [-0.1, -0.05) is 42.5 Å². The van der Waals surface area contributed by atoms with Crippen LogP contribution in [0.3, 0.4) is 0 Å². The molecule has 7 heteroatoms. The molecule has 152 valence electrons. The first-order valence-electron chi connectivity index (χ1n) is 9.12. The molecule has 0 atom stereocenters. The van der Waals surface area contributed by atoms with E-state index in [0.29, 0.717) is 28.0 Å². The number of hydrogen-bond donors (Lipinski definition) is 4. The van der Waals surface area contributed by atoms with Crippen LogP contribution in [0, 0.1) is 10.8 Å². The number of benzene rings is 3. The van der Waals surface area contributed by atoms with Crippen LogP contribution < -0.4 is 16.2 Å². The summed E-state index contributed by atoms with van der Waals surface area (Å²) >= 11 is 0.